The molecule has 120 valence electrons. The highest BCUT2D eigenvalue weighted by Gasteiger charge is 2.16. The maximum Gasteiger partial charge on any atom is 0.338 e. The number of aromatic nitrogens is 1. The van der Waals surface area contributed by atoms with Crippen LogP contribution in [0.5, 0.6) is 0 Å². The summed E-state index contributed by atoms with van der Waals surface area (Å²) in [6.45, 7) is -0.405. The molecule has 0 spiro atoms. The van der Waals surface area contributed by atoms with E-state index in [1.54, 1.807) is 12.3 Å². The molecule has 0 aliphatic rings. The molecule has 0 bridgehead atoms. The summed E-state index contributed by atoms with van der Waals surface area (Å²) < 4.78 is 4.99. The number of nitro benzene ring substituents is 1. The zero-order chi connectivity index (χ0) is 17.1. The number of fused-ring (bicyclic) bond motifs is 1. The van der Waals surface area contributed by atoms with E-state index in [1.807, 2.05) is 18.2 Å². The molecule has 3 aromatic rings. The van der Waals surface area contributed by atoms with Gasteiger partial charge in [0.15, 0.2) is 6.61 Å². The number of rotatable bonds is 5. The molecule has 24 heavy (non-hydrogen) atoms. The first-order chi connectivity index (χ1) is 11.6. The van der Waals surface area contributed by atoms with Crippen molar-refractivity contribution in [2.45, 2.75) is 0 Å². The van der Waals surface area contributed by atoms with Crippen LogP contribution in [0.15, 0.2) is 54.7 Å². The van der Waals surface area contributed by atoms with Gasteiger partial charge in [0, 0.05) is 34.8 Å². The summed E-state index contributed by atoms with van der Waals surface area (Å²) in [7, 11) is 0. The van der Waals surface area contributed by atoms with E-state index in [0.717, 1.165) is 10.9 Å². The minimum atomic E-state index is -0.710. The number of para-hydroxylation sites is 1. The van der Waals surface area contributed by atoms with Gasteiger partial charge in [0.1, 0.15) is 0 Å². The number of hydrogen-bond donors (Lipinski definition) is 1. The van der Waals surface area contributed by atoms with Gasteiger partial charge in [-0.15, -0.1) is 0 Å². The van der Waals surface area contributed by atoms with Gasteiger partial charge in [0.05, 0.1) is 10.5 Å². The number of non-ortho nitro benzene ring substituents is 1. The first-order valence-corrected chi connectivity index (χ1v) is 7.07. The quantitative estimate of drug-likeness (QED) is 0.336. The standard InChI is InChI=1S/C17H12N2O5/c20-16(14-9-18-15-4-2-1-3-13(14)15)10-24-17(21)11-5-7-12(8-6-11)19(22)23/h1-9,18H,10H2. The number of ketones is 1. The molecule has 0 amide bonds. The van der Waals surface area contributed by atoms with E-state index in [9.17, 15) is 19.7 Å². The summed E-state index contributed by atoms with van der Waals surface area (Å²) in [6, 6.07) is 12.3. The van der Waals surface area contributed by atoms with Crippen molar-refractivity contribution in [2.24, 2.45) is 0 Å². The number of carbonyl (C=O) groups is 2. The average Bonchev–Trinajstić information content (AvgIpc) is 3.03. The predicted octanol–water partition coefficient (Wildman–Crippen LogP) is 3.12. The zero-order valence-electron chi connectivity index (χ0n) is 12.4. The molecule has 0 fully saturated rings. The Kier molecular flexibility index (Phi) is 4.07. The van der Waals surface area contributed by atoms with Crippen molar-refractivity contribution in [1.82, 2.24) is 4.98 Å². The van der Waals surface area contributed by atoms with Gasteiger partial charge >= 0.3 is 5.97 Å². The monoisotopic (exact) mass is 324 g/mol. The second-order valence-electron chi connectivity index (χ2n) is 5.05. The Morgan fingerprint density at radius 3 is 2.50 bits per heavy atom. The van der Waals surface area contributed by atoms with Crippen molar-refractivity contribution in [3.05, 3.63) is 76.0 Å². The summed E-state index contributed by atoms with van der Waals surface area (Å²) in [5.74, 6) is -1.04. The van der Waals surface area contributed by atoms with Crippen LogP contribution in [0.4, 0.5) is 5.69 Å². The summed E-state index contributed by atoms with van der Waals surface area (Å²) >= 11 is 0. The number of hydrogen-bond acceptors (Lipinski definition) is 5. The van der Waals surface area contributed by atoms with Crippen LogP contribution >= 0.6 is 0 Å². The molecule has 3 rings (SSSR count). The van der Waals surface area contributed by atoms with E-state index in [-0.39, 0.29) is 17.0 Å². The first-order valence-electron chi connectivity index (χ1n) is 7.07. The van der Waals surface area contributed by atoms with Gasteiger partial charge in [0.2, 0.25) is 5.78 Å². The maximum absolute atomic E-state index is 12.2. The summed E-state index contributed by atoms with van der Waals surface area (Å²) in [5, 5.41) is 11.3. The highest BCUT2D eigenvalue weighted by Crippen LogP contribution is 2.18. The Bertz CT molecular complexity index is 928. The highest BCUT2D eigenvalue weighted by atomic mass is 16.6. The summed E-state index contributed by atoms with van der Waals surface area (Å²) in [5.41, 5.74) is 1.29. The molecule has 0 saturated heterocycles. The van der Waals surface area contributed by atoms with Crippen molar-refractivity contribution in [3.8, 4) is 0 Å². The third-order valence-corrected chi connectivity index (χ3v) is 3.54. The minimum Gasteiger partial charge on any atom is -0.454 e. The van der Waals surface area contributed by atoms with Crippen LogP contribution in [0.1, 0.15) is 20.7 Å². The summed E-state index contributed by atoms with van der Waals surface area (Å²) in [4.78, 5) is 37.1. The number of carbonyl (C=O) groups excluding carboxylic acids is 2. The minimum absolute atomic E-state index is 0.124. The van der Waals surface area contributed by atoms with Crippen molar-refractivity contribution >= 4 is 28.3 Å². The van der Waals surface area contributed by atoms with E-state index < -0.39 is 17.5 Å². The number of benzene rings is 2. The van der Waals surface area contributed by atoms with Crippen LogP contribution in [-0.4, -0.2) is 28.3 Å². The average molecular weight is 324 g/mol. The van der Waals surface area contributed by atoms with Crippen molar-refractivity contribution in [3.63, 3.8) is 0 Å². The van der Waals surface area contributed by atoms with Gasteiger partial charge in [-0.2, -0.15) is 0 Å². The van der Waals surface area contributed by atoms with Crippen molar-refractivity contribution in [2.75, 3.05) is 6.61 Å². The third kappa shape index (κ3) is 3.00. The van der Waals surface area contributed by atoms with Crippen LogP contribution < -0.4 is 0 Å². The van der Waals surface area contributed by atoms with E-state index in [4.69, 9.17) is 4.74 Å². The molecular weight excluding hydrogens is 312 g/mol. The highest BCUT2D eigenvalue weighted by molar-refractivity contribution is 6.09. The smallest absolute Gasteiger partial charge is 0.338 e. The van der Waals surface area contributed by atoms with E-state index >= 15 is 0 Å². The number of esters is 1. The SMILES string of the molecule is O=C(OCC(=O)c1c[nH]c2ccccc12)c1ccc([N+](=O)[O-])cc1. The second-order valence-corrected chi connectivity index (χ2v) is 5.05. The van der Waals surface area contributed by atoms with E-state index in [1.165, 1.54) is 24.3 Å². The molecule has 7 heteroatoms. The molecule has 7 nitrogen and oxygen atoms in total. The number of nitro groups is 1. The molecule has 0 saturated carbocycles. The van der Waals surface area contributed by atoms with Crippen LogP contribution in [0.25, 0.3) is 10.9 Å². The number of nitrogens with one attached hydrogen (secondary N) is 1. The lowest BCUT2D eigenvalue weighted by Gasteiger charge is -2.04. The Labute approximate surface area is 136 Å². The Morgan fingerprint density at radius 2 is 1.79 bits per heavy atom. The number of Topliss-reactive ketones (excluding diaryl/α,β-unsaturated/α-hetero) is 1. The first kappa shape index (κ1) is 15.4. The van der Waals surface area contributed by atoms with Crippen LogP contribution in [0.3, 0.4) is 0 Å². The number of H-pyrrole nitrogens is 1. The van der Waals surface area contributed by atoms with E-state index in [0.29, 0.717) is 5.56 Å². The fourth-order valence-electron chi connectivity index (χ4n) is 2.31. The molecule has 1 heterocycles. The van der Waals surface area contributed by atoms with Gasteiger partial charge < -0.3 is 9.72 Å². The topological polar surface area (TPSA) is 102 Å². The number of nitrogens with zero attached hydrogens (tertiary/aromatic N) is 1. The predicted molar refractivity (Wildman–Crippen MR) is 86.0 cm³/mol. The lowest BCUT2D eigenvalue weighted by Crippen LogP contribution is -2.14. The third-order valence-electron chi connectivity index (χ3n) is 3.54. The molecule has 0 unspecified atom stereocenters. The molecule has 0 aliphatic heterocycles. The van der Waals surface area contributed by atoms with Gasteiger partial charge in [-0.1, -0.05) is 18.2 Å². The van der Waals surface area contributed by atoms with Crippen molar-refractivity contribution in [1.29, 1.82) is 0 Å². The Balaban J connectivity index is 1.67. The van der Waals surface area contributed by atoms with Crippen LogP contribution in [0.2, 0.25) is 0 Å². The van der Waals surface area contributed by atoms with Gasteiger partial charge in [-0.05, 0) is 18.2 Å². The normalized spacial score (nSPS) is 10.5. The van der Waals surface area contributed by atoms with Crippen molar-refractivity contribution < 1.29 is 19.2 Å². The largest absolute Gasteiger partial charge is 0.454 e. The number of aromatic amines is 1. The van der Waals surface area contributed by atoms with Gasteiger partial charge in [-0.3, -0.25) is 14.9 Å². The fourth-order valence-corrected chi connectivity index (χ4v) is 2.31. The number of ether oxygens (including phenoxy) is 1. The molecule has 0 atom stereocenters. The molecule has 1 aromatic heterocycles. The molecule has 0 radical (unpaired) electrons. The van der Waals surface area contributed by atoms with Gasteiger partial charge in [0.25, 0.3) is 5.69 Å². The lowest BCUT2D eigenvalue weighted by atomic mass is 10.1. The molecule has 1 N–H and O–H groups in total. The fraction of sp³-hybridized carbons (Fsp3) is 0.0588. The Hall–Kier alpha value is -3.48. The van der Waals surface area contributed by atoms with E-state index in [2.05, 4.69) is 4.98 Å². The van der Waals surface area contributed by atoms with Crippen LogP contribution in [-0.2, 0) is 4.74 Å². The lowest BCUT2D eigenvalue weighted by molar-refractivity contribution is -0.384. The second kappa shape index (κ2) is 6.33. The Morgan fingerprint density at radius 1 is 1.08 bits per heavy atom. The van der Waals surface area contributed by atoms with Crippen LogP contribution in [0, 0.1) is 10.1 Å². The maximum atomic E-state index is 12.2. The molecule has 0 aliphatic carbocycles. The molecular formula is C17H12N2O5. The molecule has 2 aromatic carbocycles. The zero-order valence-corrected chi connectivity index (χ0v) is 12.4. The summed E-state index contributed by atoms with van der Waals surface area (Å²) in [6.07, 6.45) is 1.58. The van der Waals surface area contributed by atoms with Gasteiger partial charge in [-0.25, -0.2) is 4.79 Å².